The van der Waals surface area contributed by atoms with Gasteiger partial charge in [-0.1, -0.05) is 13.8 Å². The molecule has 0 saturated carbocycles. The van der Waals surface area contributed by atoms with Gasteiger partial charge in [-0.3, -0.25) is 0 Å². The molecule has 0 saturated heterocycles. The van der Waals surface area contributed by atoms with Crippen molar-refractivity contribution in [2.24, 2.45) is 0 Å². The van der Waals surface area contributed by atoms with Crippen LogP contribution in [0.2, 0.25) is 0 Å². The van der Waals surface area contributed by atoms with E-state index < -0.39 is 0 Å². The van der Waals surface area contributed by atoms with Crippen LogP contribution >= 0.6 is 0 Å². The van der Waals surface area contributed by atoms with Gasteiger partial charge < -0.3 is 14.4 Å². The summed E-state index contributed by atoms with van der Waals surface area (Å²) >= 11 is 0. The highest BCUT2D eigenvalue weighted by Gasteiger charge is 2.09. The van der Waals surface area contributed by atoms with Crippen LogP contribution in [0.4, 0.5) is 0 Å². The highest BCUT2D eigenvalue weighted by Crippen LogP contribution is 1.96. The van der Waals surface area contributed by atoms with Gasteiger partial charge in [0.05, 0.1) is 18.8 Å². The average molecular weight is 205 g/mol. The van der Waals surface area contributed by atoms with Gasteiger partial charge in [0.2, 0.25) is 0 Å². The van der Waals surface area contributed by atoms with Gasteiger partial charge in [0.1, 0.15) is 0 Å². The monoisotopic (exact) mass is 205 g/mol. The Hall–Kier alpha value is -0.120. The first kappa shape index (κ1) is 16.3. The second-order valence-electron chi connectivity index (χ2n) is 3.50. The predicted molar refractivity (Wildman–Crippen MR) is 61.8 cm³/mol. The summed E-state index contributed by atoms with van der Waals surface area (Å²) in [4.78, 5) is 2.10. The molecule has 0 spiro atoms. The average Bonchev–Trinajstić information content (AvgIpc) is 2.14. The van der Waals surface area contributed by atoms with E-state index in [2.05, 4.69) is 4.90 Å². The van der Waals surface area contributed by atoms with Crippen molar-refractivity contribution in [3.8, 4) is 0 Å². The highest BCUT2D eigenvalue weighted by atomic mass is 16.5. The van der Waals surface area contributed by atoms with Crippen molar-refractivity contribution in [1.29, 1.82) is 0 Å². The molecule has 0 rings (SSSR count). The molecule has 0 fully saturated rings. The van der Waals surface area contributed by atoms with Gasteiger partial charge in [0.25, 0.3) is 0 Å². The molecule has 0 aromatic heterocycles. The van der Waals surface area contributed by atoms with Crippen molar-refractivity contribution in [3.05, 3.63) is 0 Å². The Labute approximate surface area is 89.4 Å². The summed E-state index contributed by atoms with van der Waals surface area (Å²) in [7, 11) is 5.78. The SMILES string of the molecule is CC.COC(COC(C)C)CN(C)C. The highest BCUT2D eigenvalue weighted by molar-refractivity contribution is 4.59. The van der Waals surface area contributed by atoms with Crippen LogP contribution in [0.25, 0.3) is 0 Å². The van der Waals surface area contributed by atoms with Crippen LogP contribution in [0.1, 0.15) is 27.7 Å². The van der Waals surface area contributed by atoms with Gasteiger partial charge in [-0.25, -0.2) is 0 Å². The molecule has 0 N–H and O–H groups in total. The smallest absolute Gasteiger partial charge is 0.0931 e. The lowest BCUT2D eigenvalue weighted by Crippen LogP contribution is -2.32. The lowest BCUT2D eigenvalue weighted by molar-refractivity contribution is -0.0242. The summed E-state index contributed by atoms with van der Waals surface area (Å²) in [5.74, 6) is 0. The number of nitrogens with zero attached hydrogens (tertiary/aromatic N) is 1. The largest absolute Gasteiger partial charge is 0.378 e. The Balaban J connectivity index is 0. The fraction of sp³-hybridized carbons (Fsp3) is 1.00. The fourth-order valence-corrected chi connectivity index (χ4v) is 0.902. The summed E-state index contributed by atoms with van der Waals surface area (Å²) in [6.45, 7) is 9.64. The zero-order valence-electron chi connectivity index (χ0n) is 10.8. The Morgan fingerprint density at radius 3 is 1.93 bits per heavy atom. The van der Waals surface area contributed by atoms with Crippen molar-refractivity contribution < 1.29 is 9.47 Å². The maximum atomic E-state index is 5.44. The van der Waals surface area contributed by atoms with Crippen LogP contribution in [0, 0.1) is 0 Å². The molecule has 1 unspecified atom stereocenters. The number of methoxy groups -OCH3 is 1. The number of ether oxygens (including phenoxy) is 2. The van der Waals surface area contributed by atoms with Gasteiger partial charge >= 0.3 is 0 Å². The zero-order valence-corrected chi connectivity index (χ0v) is 10.8. The number of likely N-dealkylation sites (N-methyl/N-ethyl adjacent to an activating group) is 1. The Morgan fingerprint density at radius 2 is 1.64 bits per heavy atom. The third-order valence-corrected chi connectivity index (χ3v) is 1.52. The van der Waals surface area contributed by atoms with Crippen molar-refractivity contribution in [2.45, 2.75) is 39.9 Å². The first-order valence-corrected chi connectivity index (χ1v) is 5.35. The van der Waals surface area contributed by atoms with Crippen LogP contribution in [-0.2, 0) is 9.47 Å². The minimum Gasteiger partial charge on any atom is -0.378 e. The minimum absolute atomic E-state index is 0.183. The van der Waals surface area contributed by atoms with Crippen LogP contribution < -0.4 is 0 Å². The van der Waals surface area contributed by atoms with Crippen LogP contribution in [0.3, 0.4) is 0 Å². The Morgan fingerprint density at radius 1 is 1.14 bits per heavy atom. The molecule has 0 amide bonds. The molecule has 88 valence electrons. The fourth-order valence-electron chi connectivity index (χ4n) is 0.902. The van der Waals surface area contributed by atoms with Gasteiger partial charge in [0.15, 0.2) is 0 Å². The zero-order chi connectivity index (χ0) is 11.6. The van der Waals surface area contributed by atoms with Crippen molar-refractivity contribution in [3.63, 3.8) is 0 Å². The van der Waals surface area contributed by atoms with Crippen LogP contribution in [-0.4, -0.2) is 51.5 Å². The van der Waals surface area contributed by atoms with Crippen molar-refractivity contribution in [2.75, 3.05) is 34.4 Å². The first-order chi connectivity index (χ1) is 6.56. The van der Waals surface area contributed by atoms with Gasteiger partial charge in [0, 0.05) is 13.7 Å². The van der Waals surface area contributed by atoms with Crippen LogP contribution in [0.5, 0.6) is 0 Å². The lowest BCUT2D eigenvalue weighted by Gasteiger charge is -2.20. The van der Waals surface area contributed by atoms with E-state index >= 15 is 0 Å². The Kier molecular flexibility index (Phi) is 12.8. The molecule has 0 heterocycles. The van der Waals surface area contributed by atoms with E-state index in [0.717, 1.165) is 6.54 Å². The quantitative estimate of drug-likeness (QED) is 0.662. The van der Waals surface area contributed by atoms with Crippen LogP contribution in [0.15, 0.2) is 0 Å². The van der Waals surface area contributed by atoms with Gasteiger partial charge in [-0.2, -0.15) is 0 Å². The molecular formula is C11H27NO2. The molecule has 0 bridgehead atoms. The van der Waals surface area contributed by atoms with E-state index in [-0.39, 0.29) is 12.2 Å². The molecule has 0 radical (unpaired) electrons. The normalized spacial score (nSPS) is 12.6. The van der Waals surface area contributed by atoms with E-state index in [1.165, 1.54) is 0 Å². The summed E-state index contributed by atoms with van der Waals surface area (Å²) in [6, 6.07) is 0. The molecule has 0 aliphatic heterocycles. The van der Waals surface area contributed by atoms with Gasteiger partial charge in [-0.15, -0.1) is 0 Å². The summed E-state index contributed by atoms with van der Waals surface area (Å²) in [5.41, 5.74) is 0. The van der Waals surface area contributed by atoms with Crippen molar-refractivity contribution in [1.82, 2.24) is 4.90 Å². The van der Waals surface area contributed by atoms with Gasteiger partial charge in [-0.05, 0) is 27.9 Å². The second-order valence-corrected chi connectivity index (χ2v) is 3.50. The molecule has 3 heteroatoms. The maximum Gasteiger partial charge on any atom is 0.0931 e. The lowest BCUT2D eigenvalue weighted by atomic mass is 10.3. The topological polar surface area (TPSA) is 21.7 Å². The molecule has 0 aliphatic carbocycles. The summed E-state index contributed by atoms with van der Waals surface area (Å²) in [5, 5.41) is 0. The molecule has 0 aromatic rings. The molecular weight excluding hydrogens is 178 g/mol. The van der Waals surface area contributed by atoms with E-state index in [9.17, 15) is 0 Å². The molecule has 14 heavy (non-hydrogen) atoms. The predicted octanol–water partition coefficient (Wildman–Crippen LogP) is 2.01. The number of hydrogen-bond donors (Lipinski definition) is 0. The number of hydrogen-bond acceptors (Lipinski definition) is 3. The van der Waals surface area contributed by atoms with E-state index in [0.29, 0.717) is 6.61 Å². The Bertz CT molecular complexity index is 105. The standard InChI is InChI=1S/C9H21NO2.C2H6/c1-8(2)12-7-9(11-5)6-10(3)4;1-2/h8-9H,6-7H2,1-5H3;1-2H3. The maximum absolute atomic E-state index is 5.44. The first-order valence-electron chi connectivity index (χ1n) is 5.35. The summed E-state index contributed by atoms with van der Waals surface area (Å²) < 4.78 is 10.7. The molecule has 0 aliphatic rings. The third kappa shape index (κ3) is 11.9. The third-order valence-electron chi connectivity index (χ3n) is 1.52. The molecule has 0 aromatic carbocycles. The van der Waals surface area contributed by atoms with E-state index in [1.54, 1.807) is 7.11 Å². The van der Waals surface area contributed by atoms with Crippen molar-refractivity contribution >= 4 is 0 Å². The number of rotatable bonds is 6. The molecule has 3 nitrogen and oxygen atoms in total. The van der Waals surface area contributed by atoms with E-state index in [1.807, 2.05) is 41.8 Å². The molecule has 1 atom stereocenters. The minimum atomic E-state index is 0.183. The van der Waals surface area contributed by atoms with E-state index in [4.69, 9.17) is 9.47 Å². The second kappa shape index (κ2) is 11.0. The summed E-state index contributed by atoms with van der Waals surface area (Å²) in [6.07, 6.45) is 0.465.